The van der Waals surface area contributed by atoms with Crippen LogP contribution in [0.2, 0.25) is 0 Å². The van der Waals surface area contributed by atoms with Crippen LogP contribution in [0.3, 0.4) is 0 Å². The molecule has 1 aliphatic rings. The summed E-state index contributed by atoms with van der Waals surface area (Å²) in [6, 6.07) is 0. The van der Waals surface area contributed by atoms with Crippen molar-refractivity contribution in [3.63, 3.8) is 0 Å². The number of rotatable bonds is 0. The average Bonchev–Trinajstić information content (AvgIpc) is 2.12. The first-order valence-corrected chi connectivity index (χ1v) is 2.71. The standard InChI is InChI=1S/C5H10N3/c6-5(7)8-3-1-2-4-8/h1H,2-4H2,(H3,6,7). The molecule has 3 N–H and O–H groups in total. The molecule has 0 amide bonds. The Morgan fingerprint density at radius 2 is 2.50 bits per heavy atom. The van der Waals surface area contributed by atoms with Gasteiger partial charge in [0.2, 0.25) is 0 Å². The van der Waals surface area contributed by atoms with Crippen LogP contribution < -0.4 is 5.73 Å². The highest BCUT2D eigenvalue weighted by Gasteiger charge is 2.11. The lowest BCUT2D eigenvalue weighted by atomic mass is 10.4. The Hall–Kier alpha value is -0.730. The first-order chi connectivity index (χ1) is 3.80. The molecule has 0 unspecified atom stereocenters. The van der Waals surface area contributed by atoms with E-state index in [2.05, 4.69) is 6.42 Å². The third-order valence-electron chi connectivity index (χ3n) is 1.29. The van der Waals surface area contributed by atoms with Crippen molar-refractivity contribution in [2.75, 3.05) is 13.1 Å². The average molecular weight is 112 g/mol. The van der Waals surface area contributed by atoms with Gasteiger partial charge >= 0.3 is 0 Å². The van der Waals surface area contributed by atoms with Gasteiger partial charge in [0.1, 0.15) is 0 Å². The molecule has 0 aromatic rings. The maximum absolute atomic E-state index is 6.98. The van der Waals surface area contributed by atoms with E-state index in [9.17, 15) is 0 Å². The molecule has 0 bridgehead atoms. The Labute approximate surface area is 49.0 Å². The smallest absolute Gasteiger partial charge is 0.188 e. The van der Waals surface area contributed by atoms with Gasteiger partial charge in [-0.25, -0.2) is 0 Å². The van der Waals surface area contributed by atoms with Crippen molar-refractivity contribution in [1.29, 1.82) is 5.41 Å². The zero-order valence-electron chi connectivity index (χ0n) is 4.72. The molecule has 3 heteroatoms. The van der Waals surface area contributed by atoms with Gasteiger partial charge < -0.3 is 10.6 Å². The van der Waals surface area contributed by atoms with E-state index in [0.717, 1.165) is 19.5 Å². The molecule has 0 aromatic heterocycles. The molecule has 1 aliphatic heterocycles. The van der Waals surface area contributed by atoms with Crippen LogP contribution in [0.4, 0.5) is 0 Å². The molecule has 1 fully saturated rings. The number of nitrogens with zero attached hydrogens (tertiary/aromatic N) is 1. The Balaban J connectivity index is 2.35. The zero-order chi connectivity index (χ0) is 5.98. The quantitative estimate of drug-likeness (QED) is 0.336. The first-order valence-electron chi connectivity index (χ1n) is 2.71. The summed E-state index contributed by atoms with van der Waals surface area (Å²) in [7, 11) is 0. The van der Waals surface area contributed by atoms with Crippen molar-refractivity contribution in [3.05, 3.63) is 6.42 Å². The van der Waals surface area contributed by atoms with Gasteiger partial charge in [-0.3, -0.25) is 5.41 Å². The summed E-state index contributed by atoms with van der Waals surface area (Å²) in [5.74, 6) is 0.193. The van der Waals surface area contributed by atoms with Gasteiger partial charge in [-0.2, -0.15) is 0 Å². The number of guanidine groups is 1. The summed E-state index contributed by atoms with van der Waals surface area (Å²) in [4.78, 5) is 1.83. The number of hydrogen-bond donors (Lipinski definition) is 2. The number of nitrogens with one attached hydrogen (secondary N) is 1. The number of nitrogens with two attached hydrogens (primary N) is 1. The van der Waals surface area contributed by atoms with Crippen LogP contribution in [-0.2, 0) is 0 Å². The molecule has 0 saturated carbocycles. The van der Waals surface area contributed by atoms with E-state index in [-0.39, 0.29) is 5.96 Å². The highest BCUT2D eigenvalue weighted by atomic mass is 15.2. The van der Waals surface area contributed by atoms with Gasteiger partial charge in [-0.15, -0.1) is 0 Å². The Bertz CT molecular complexity index is 93.8. The molecule has 3 nitrogen and oxygen atoms in total. The van der Waals surface area contributed by atoms with Crippen LogP contribution in [-0.4, -0.2) is 23.9 Å². The SMILES string of the molecule is N=C(N)N1C[CH]CC1. The first kappa shape index (κ1) is 5.41. The van der Waals surface area contributed by atoms with Gasteiger partial charge in [0.05, 0.1) is 0 Å². The van der Waals surface area contributed by atoms with Crippen LogP contribution in [0.1, 0.15) is 6.42 Å². The fourth-order valence-electron chi connectivity index (χ4n) is 0.804. The lowest BCUT2D eigenvalue weighted by molar-refractivity contribution is 0.517. The highest BCUT2D eigenvalue weighted by molar-refractivity contribution is 5.75. The summed E-state index contributed by atoms with van der Waals surface area (Å²) >= 11 is 0. The van der Waals surface area contributed by atoms with Crippen LogP contribution in [0, 0.1) is 11.8 Å². The summed E-state index contributed by atoms with van der Waals surface area (Å²) in [6.45, 7) is 1.78. The Morgan fingerprint density at radius 3 is 2.75 bits per heavy atom. The van der Waals surface area contributed by atoms with E-state index in [1.807, 2.05) is 4.90 Å². The normalized spacial score (nSPS) is 19.2. The van der Waals surface area contributed by atoms with Crippen molar-refractivity contribution in [1.82, 2.24) is 4.90 Å². The summed E-state index contributed by atoms with van der Waals surface area (Å²) in [5.41, 5.74) is 5.19. The minimum absolute atomic E-state index is 0.193. The predicted molar refractivity (Wildman–Crippen MR) is 32.4 cm³/mol. The van der Waals surface area contributed by atoms with E-state index >= 15 is 0 Å². The van der Waals surface area contributed by atoms with Crippen molar-refractivity contribution >= 4 is 5.96 Å². The predicted octanol–water partition coefficient (Wildman–Crippen LogP) is -0.210. The molecule has 0 aromatic carbocycles. The van der Waals surface area contributed by atoms with E-state index in [1.54, 1.807) is 0 Å². The third kappa shape index (κ3) is 0.911. The molecule has 45 valence electrons. The topological polar surface area (TPSA) is 53.1 Å². The second-order valence-electron chi connectivity index (χ2n) is 1.91. The van der Waals surface area contributed by atoms with E-state index in [0.29, 0.717) is 0 Å². The molecule has 0 aliphatic carbocycles. The van der Waals surface area contributed by atoms with Gasteiger partial charge in [0, 0.05) is 13.1 Å². The van der Waals surface area contributed by atoms with Crippen LogP contribution >= 0.6 is 0 Å². The van der Waals surface area contributed by atoms with Gasteiger partial charge in [-0.05, 0) is 12.8 Å². The fraction of sp³-hybridized carbons (Fsp3) is 0.600. The lowest BCUT2D eigenvalue weighted by Gasteiger charge is -2.12. The molecule has 1 radical (unpaired) electrons. The van der Waals surface area contributed by atoms with Crippen molar-refractivity contribution in [3.8, 4) is 0 Å². The van der Waals surface area contributed by atoms with Crippen LogP contribution in [0.5, 0.6) is 0 Å². The number of hydrogen-bond acceptors (Lipinski definition) is 1. The molecule has 1 rings (SSSR count). The van der Waals surface area contributed by atoms with E-state index in [1.165, 1.54) is 0 Å². The van der Waals surface area contributed by atoms with Crippen LogP contribution in [0.15, 0.2) is 0 Å². The summed E-state index contributed by atoms with van der Waals surface area (Å²) in [6.07, 6.45) is 3.20. The molecule has 1 heterocycles. The molecular weight excluding hydrogens is 102 g/mol. The summed E-state index contributed by atoms with van der Waals surface area (Å²) < 4.78 is 0. The molecule has 0 spiro atoms. The van der Waals surface area contributed by atoms with Gasteiger partial charge in [0.25, 0.3) is 0 Å². The van der Waals surface area contributed by atoms with E-state index < -0.39 is 0 Å². The maximum atomic E-state index is 6.98. The van der Waals surface area contributed by atoms with Crippen molar-refractivity contribution < 1.29 is 0 Å². The lowest BCUT2D eigenvalue weighted by Crippen LogP contribution is -2.33. The second-order valence-corrected chi connectivity index (χ2v) is 1.91. The van der Waals surface area contributed by atoms with Gasteiger partial charge in [-0.1, -0.05) is 0 Å². The molecule has 0 atom stereocenters. The van der Waals surface area contributed by atoms with Gasteiger partial charge in [0.15, 0.2) is 5.96 Å². The fourth-order valence-corrected chi connectivity index (χ4v) is 0.804. The van der Waals surface area contributed by atoms with Crippen LogP contribution in [0.25, 0.3) is 0 Å². The molecule has 1 saturated heterocycles. The second kappa shape index (κ2) is 2.03. The highest BCUT2D eigenvalue weighted by Crippen LogP contribution is 2.03. The minimum Gasteiger partial charge on any atom is -0.370 e. The van der Waals surface area contributed by atoms with E-state index in [4.69, 9.17) is 11.1 Å². The molecule has 8 heavy (non-hydrogen) atoms. The minimum atomic E-state index is 0.193. The Morgan fingerprint density at radius 1 is 1.75 bits per heavy atom. The van der Waals surface area contributed by atoms with Crippen molar-refractivity contribution in [2.45, 2.75) is 6.42 Å². The summed E-state index contributed by atoms with van der Waals surface area (Å²) in [5, 5.41) is 6.98. The number of likely N-dealkylation sites (tertiary alicyclic amines) is 1. The third-order valence-corrected chi connectivity index (χ3v) is 1.29. The maximum Gasteiger partial charge on any atom is 0.188 e. The molecular formula is C5H10N3. The zero-order valence-corrected chi connectivity index (χ0v) is 4.72. The monoisotopic (exact) mass is 112 g/mol. The largest absolute Gasteiger partial charge is 0.370 e. The van der Waals surface area contributed by atoms with Crippen molar-refractivity contribution in [2.24, 2.45) is 5.73 Å². The Kier molecular flexibility index (Phi) is 1.37.